The van der Waals surface area contributed by atoms with Gasteiger partial charge in [-0.15, -0.1) is 0 Å². The van der Waals surface area contributed by atoms with Gasteiger partial charge in [-0.2, -0.15) is 4.39 Å². The third-order valence-corrected chi connectivity index (χ3v) is 3.41. The largest absolute Gasteiger partial charge is 0.311 e. The van der Waals surface area contributed by atoms with E-state index in [2.05, 4.69) is 5.32 Å². The third-order valence-electron chi connectivity index (χ3n) is 3.41. The van der Waals surface area contributed by atoms with Crippen molar-refractivity contribution in [1.29, 1.82) is 0 Å². The van der Waals surface area contributed by atoms with Gasteiger partial charge in [-0.05, 0) is 18.9 Å². The summed E-state index contributed by atoms with van der Waals surface area (Å²) in [5.74, 6) is -1.05. The Morgan fingerprint density at radius 3 is 2.76 bits per heavy atom. The molecule has 0 bridgehead atoms. The Bertz CT molecular complexity index is 562. The molecule has 2 rings (SSSR count). The highest BCUT2D eigenvalue weighted by Crippen LogP contribution is 2.26. The van der Waals surface area contributed by atoms with E-state index in [1.165, 1.54) is 11.0 Å². The van der Waals surface area contributed by atoms with Crippen LogP contribution in [0, 0.1) is 15.9 Å². The van der Waals surface area contributed by atoms with Crippen LogP contribution in [0.3, 0.4) is 0 Å². The predicted octanol–water partition coefficient (Wildman–Crippen LogP) is 2.23. The molecule has 1 unspecified atom stereocenters. The van der Waals surface area contributed by atoms with E-state index in [1.807, 2.05) is 13.8 Å². The molecule has 0 saturated carbocycles. The monoisotopic (exact) mass is 295 g/mol. The first-order chi connectivity index (χ1) is 9.90. The maximum Gasteiger partial charge on any atom is 0.304 e. The maximum atomic E-state index is 13.7. The van der Waals surface area contributed by atoms with E-state index in [0.29, 0.717) is 12.2 Å². The number of nitrogens with zero attached hydrogens (tertiary/aromatic N) is 2. The summed E-state index contributed by atoms with van der Waals surface area (Å²) in [6.45, 7) is 4.40. The second-order valence-electron chi connectivity index (χ2n) is 5.40. The molecule has 1 aromatic rings. The molecule has 0 aromatic heterocycles. The van der Waals surface area contributed by atoms with E-state index >= 15 is 0 Å². The molecule has 6 nitrogen and oxygen atoms in total. The fourth-order valence-electron chi connectivity index (χ4n) is 2.50. The standard InChI is InChI=1S/C14H18FN3O3/c1-9(2)16-12-4-3-7-17(14(12)19)10-5-6-13(18(20)21)11(15)8-10/h5-6,8-9,12,16H,3-4,7H2,1-2H3. The van der Waals surface area contributed by atoms with Gasteiger partial charge in [0.2, 0.25) is 11.7 Å². The van der Waals surface area contributed by atoms with Crippen molar-refractivity contribution in [3.05, 3.63) is 34.1 Å². The Morgan fingerprint density at radius 2 is 2.19 bits per heavy atom. The first kappa shape index (κ1) is 15.4. The van der Waals surface area contributed by atoms with Crippen LogP contribution < -0.4 is 10.2 Å². The van der Waals surface area contributed by atoms with Gasteiger partial charge in [0.1, 0.15) is 0 Å². The molecule has 1 amide bonds. The van der Waals surface area contributed by atoms with Gasteiger partial charge >= 0.3 is 5.69 Å². The molecule has 0 radical (unpaired) electrons. The highest BCUT2D eigenvalue weighted by molar-refractivity contribution is 5.98. The lowest BCUT2D eigenvalue weighted by Crippen LogP contribution is -2.52. The number of nitrogens with one attached hydrogen (secondary N) is 1. The second-order valence-corrected chi connectivity index (χ2v) is 5.40. The SMILES string of the molecule is CC(C)NC1CCCN(c2ccc([N+](=O)[O-])c(F)c2)C1=O. The minimum atomic E-state index is -0.927. The van der Waals surface area contributed by atoms with Gasteiger partial charge in [0, 0.05) is 30.4 Å². The van der Waals surface area contributed by atoms with Crippen molar-refractivity contribution in [1.82, 2.24) is 5.32 Å². The van der Waals surface area contributed by atoms with Gasteiger partial charge in [-0.25, -0.2) is 0 Å². The number of hydrogen-bond donors (Lipinski definition) is 1. The lowest BCUT2D eigenvalue weighted by atomic mass is 10.0. The summed E-state index contributed by atoms with van der Waals surface area (Å²) in [5, 5.41) is 13.8. The highest BCUT2D eigenvalue weighted by Gasteiger charge is 2.30. The van der Waals surface area contributed by atoms with Crippen molar-refractivity contribution in [2.45, 2.75) is 38.8 Å². The minimum absolute atomic E-state index is 0.122. The summed E-state index contributed by atoms with van der Waals surface area (Å²) < 4.78 is 13.7. The molecular weight excluding hydrogens is 277 g/mol. The number of nitro groups is 1. The Kier molecular flexibility index (Phi) is 4.52. The number of halogens is 1. The minimum Gasteiger partial charge on any atom is -0.311 e. The second kappa shape index (κ2) is 6.17. The first-order valence-corrected chi connectivity index (χ1v) is 6.91. The quantitative estimate of drug-likeness (QED) is 0.682. The van der Waals surface area contributed by atoms with Gasteiger partial charge in [0.15, 0.2) is 0 Å². The summed E-state index contributed by atoms with van der Waals surface area (Å²) in [6, 6.07) is 3.44. The van der Waals surface area contributed by atoms with Gasteiger partial charge in [-0.3, -0.25) is 14.9 Å². The number of nitro benzene ring substituents is 1. The zero-order chi connectivity index (χ0) is 15.6. The summed E-state index contributed by atoms with van der Waals surface area (Å²) in [4.78, 5) is 23.7. The number of hydrogen-bond acceptors (Lipinski definition) is 4. The van der Waals surface area contributed by atoms with E-state index in [-0.39, 0.29) is 18.0 Å². The van der Waals surface area contributed by atoms with Gasteiger partial charge in [-0.1, -0.05) is 13.8 Å². The van der Waals surface area contributed by atoms with Gasteiger partial charge < -0.3 is 10.2 Å². The van der Waals surface area contributed by atoms with Crippen LogP contribution in [0.15, 0.2) is 18.2 Å². The smallest absolute Gasteiger partial charge is 0.304 e. The molecule has 1 N–H and O–H groups in total. The molecular formula is C14H18FN3O3. The molecule has 1 aromatic carbocycles. The fraction of sp³-hybridized carbons (Fsp3) is 0.500. The Hall–Kier alpha value is -2.02. The zero-order valence-electron chi connectivity index (χ0n) is 12.0. The molecule has 0 aliphatic carbocycles. The number of amides is 1. The van der Waals surface area contributed by atoms with Crippen LogP contribution in [0.1, 0.15) is 26.7 Å². The van der Waals surface area contributed by atoms with Crippen LogP contribution in [0.25, 0.3) is 0 Å². The maximum absolute atomic E-state index is 13.7. The molecule has 1 aliphatic rings. The van der Waals surface area contributed by atoms with Crippen molar-refractivity contribution in [2.75, 3.05) is 11.4 Å². The lowest BCUT2D eigenvalue weighted by Gasteiger charge is -2.33. The molecule has 21 heavy (non-hydrogen) atoms. The molecule has 114 valence electrons. The van der Waals surface area contributed by atoms with Crippen LogP contribution in [0.2, 0.25) is 0 Å². The molecule has 1 fully saturated rings. The van der Waals surface area contributed by atoms with E-state index in [1.54, 1.807) is 0 Å². The van der Waals surface area contributed by atoms with Crippen LogP contribution >= 0.6 is 0 Å². The highest BCUT2D eigenvalue weighted by atomic mass is 19.1. The van der Waals surface area contributed by atoms with Crippen molar-refractivity contribution in [3.8, 4) is 0 Å². The van der Waals surface area contributed by atoms with E-state index < -0.39 is 16.4 Å². The first-order valence-electron chi connectivity index (χ1n) is 6.91. The Balaban J connectivity index is 2.22. The molecule has 1 heterocycles. The van der Waals surface area contributed by atoms with Crippen molar-refractivity contribution < 1.29 is 14.1 Å². The molecule has 1 aliphatic heterocycles. The van der Waals surface area contributed by atoms with Crippen LogP contribution in [0.4, 0.5) is 15.8 Å². The van der Waals surface area contributed by atoms with Crippen LogP contribution in [-0.4, -0.2) is 29.5 Å². The van der Waals surface area contributed by atoms with Crippen LogP contribution in [-0.2, 0) is 4.79 Å². The summed E-state index contributed by atoms with van der Waals surface area (Å²) in [5.41, 5.74) is -0.224. The van der Waals surface area contributed by atoms with E-state index in [4.69, 9.17) is 0 Å². The number of carbonyl (C=O) groups excluding carboxylic acids is 1. The summed E-state index contributed by atoms with van der Waals surface area (Å²) >= 11 is 0. The lowest BCUT2D eigenvalue weighted by molar-refractivity contribution is -0.387. The number of benzene rings is 1. The van der Waals surface area contributed by atoms with Gasteiger partial charge in [0.05, 0.1) is 11.0 Å². The number of anilines is 1. The zero-order valence-corrected chi connectivity index (χ0v) is 12.0. The van der Waals surface area contributed by atoms with E-state index in [9.17, 15) is 19.3 Å². The number of rotatable bonds is 4. The van der Waals surface area contributed by atoms with E-state index in [0.717, 1.165) is 25.0 Å². The molecule has 7 heteroatoms. The van der Waals surface area contributed by atoms with Crippen molar-refractivity contribution in [3.63, 3.8) is 0 Å². The third kappa shape index (κ3) is 3.36. The van der Waals surface area contributed by atoms with Crippen molar-refractivity contribution in [2.24, 2.45) is 0 Å². The number of piperidine rings is 1. The normalized spacial score (nSPS) is 19.1. The Labute approximate surface area is 122 Å². The fourth-order valence-corrected chi connectivity index (χ4v) is 2.50. The van der Waals surface area contributed by atoms with Gasteiger partial charge in [0.25, 0.3) is 0 Å². The summed E-state index contributed by atoms with van der Waals surface area (Å²) in [6.07, 6.45) is 1.54. The average molecular weight is 295 g/mol. The predicted molar refractivity (Wildman–Crippen MR) is 76.7 cm³/mol. The van der Waals surface area contributed by atoms with Crippen LogP contribution in [0.5, 0.6) is 0 Å². The summed E-state index contributed by atoms with van der Waals surface area (Å²) in [7, 11) is 0. The van der Waals surface area contributed by atoms with Crippen molar-refractivity contribution >= 4 is 17.3 Å². The molecule has 0 spiro atoms. The Morgan fingerprint density at radius 1 is 1.48 bits per heavy atom. The topological polar surface area (TPSA) is 75.5 Å². The molecule has 1 saturated heterocycles. The number of carbonyl (C=O) groups is 1. The molecule has 1 atom stereocenters. The average Bonchev–Trinajstić information content (AvgIpc) is 2.40.